The van der Waals surface area contributed by atoms with Crippen molar-refractivity contribution in [3.63, 3.8) is 0 Å². The summed E-state index contributed by atoms with van der Waals surface area (Å²) in [6.45, 7) is 0. The molecule has 0 amide bonds. The number of benzene rings is 1. The second-order valence-electron chi connectivity index (χ2n) is 3.47. The zero-order valence-corrected chi connectivity index (χ0v) is 7.36. The molecule has 3 heteroatoms. The molecule has 2 N–H and O–H groups in total. The molecule has 0 saturated heterocycles. The van der Waals surface area contributed by atoms with Gasteiger partial charge in [0.1, 0.15) is 6.04 Å². The van der Waals surface area contributed by atoms with Gasteiger partial charge >= 0.3 is 0 Å². The van der Waals surface area contributed by atoms with Crippen LogP contribution in [0.15, 0.2) is 23.4 Å². The van der Waals surface area contributed by atoms with Gasteiger partial charge < -0.3 is 5.73 Å². The second kappa shape index (κ2) is 3.17. The van der Waals surface area contributed by atoms with Crippen molar-refractivity contribution < 1.29 is 0 Å². The standard InChI is InChI=1S/C10H12N2O/c11-8-5-4-7-2-1-3-10(12-13)9(7)6-8/h4-6,10H,1-3,11H2. The Morgan fingerprint density at radius 3 is 3.08 bits per heavy atom. The third-order valence-corrected chi connectivity index (χ3v) is 2.58. The van der Waals surface area contributed by atoms with Crippen LogP contribution in [0.2, 0.25) is 0 Å². The number of nitrogens with zero attached hydrogens (tertiary/aromatic N) is 1. The largest absolute Gasteiger partial charge is 0.399 e. The third-order valence-electron chi connectivity index (χ3n) is 2.58. The minimum Gasteiger partial charge on any atom is -0.399 e. The Kier molecular flexibility index (Phi) is 2.00. The SMILES string of the molecule is Nc1ccc2c(c1)C(N=O)CCC2. The number of anilines is 1. The van der Waals surface area contributed by atoms with E-state index < -0.39 is 0 Å². The zero-order valence-electron chi connectivity index (χ0n) is 7.36. The first-order valence-electron chi connectivity index (χ1n) is 4.52. The summed E-state index contributed by atoms with van der Waals surface area (Å²) in [4.78, 5) is 10.5. The lowest BCUT2D eigenvalue weighted by molar-refractivity contribution is 0.569. The fourth-order valence-corrected chi connectivity index (χ4v) is 1.90. The zero-order chi connectivity index (χ0) is 9.26. The van der Waals surface area contributed by atoms with E-state index in [1.807, 2.05) is 18.2 Å². The van der Waals surface area contributed by atoms with Crippen molar-refractivity contribution >= 4 is 5.69 Å². The Hall–Kier alpha value is -1.38. The predicted molar refractivity (Wildman–Crippen MR) is 52.3 cm³/mol. The van der Waals surface area contributed by atoms with Crippen LogP contribution in [0.3, 0.4) is 0 Å². The normalized spacial score (nSPS) is 20.8. The minimum absolute atomic E-state index is 0.174. The van der Waals surface area contributed by atoms with Gasteiger partial charge in [-0.15, -0.1) is 0 Å². The molecular weight excluding hydrogens is 164 g/mol. The van der Waals surface area contributed by atoms with Gasteiger partial charge in [-0.25, -0.2) is 0 Å². The summed E-state index contributed by atoms with van der Waals surface area (Å²) < 4.78 is 0. The number of hydrogen-bond acceptors (Lipinski definition) is 3. The second-order valence-corrected chi connectivity index (χ2v) is 3.47. The van der Waals surface area contributed by atoms with Gasteiger partial charge in [-0.2, -0.15) is 4.91 Å². The summed E-state index contributed by atoms with van der Waals surface area (Å²) in [6.07, 6.45) is 2.95. The smallest absolute Gasteiger partial charge is 0.117 e. The molecule has 1 unspecified atom stereocenters. The Balaban J connectivity index is 2.47. The van der Waals surface area contributed by atoms with Crippen LogP contribution in [-0.4, -0.2) is 0 Å². The van der Waals surface area contributed by atoms with Crippen molar-refractivity contribution in [3.05, 3.63) is 34.2 Å². The first-order valence-corrected chi connectivity index (χ1v) is 4.52. The van der Waals surface area contributed by atoms with Gasteiger partial charge in [0.25, 0.3) is 0 Å². The molecule has 2 rings (SSSR count). The highest BCUT2D eigenvalue weighted by Crippen LogP contribution is 2.33. The molecule has 0 bridgehead atoms. The Morgan fingerprint density at radius 2 is 2.31 bits per heavy atom. The summed E-state index contributed by atoms with van der Waals surface area (Å²) in [7, 11) is 0. The van der Waals surface area contributed by atoms with E-state index in [1.54, 1.807) is 0 Å². The lowest BCUT2D eigenvalue weighted by Gasteiger charge is -2.20. The van der Waals surface area contributed by atoms with Crippen LogP contribution in [0, 0.1) is 4.91 Å². The quantitative estimate of drug-likeness (QED) is 0.527. The maximum absolute atomic E-state index is 10.5. The molecule has 0 spiro atoms. The molecule has 1 aromatic carbocycles. The lowest BCUT2D eigenvalue weighted by Crippen LogP contribution is -2.08. The van der Waals surface area contributed by atoms with Gasteiger partial charge in [0.05, 0.1) is 0 Å². The van der Waals surface area contributed by atoms with E-state index in [0.29, 0.717) is 5.69 Å². The van der Waals surface area contributed by atoms with Crippen molar-refractivity contribution in [1.29, 1.82) is 0 Å². The number of nitroso groups, excluding NO2 is 1. The van der Waals surface area contributed by atoms with E-state index in [-0.39, 0.29) is 6.04 Å². The number of nitrogens with two attached hydrogens (primary N) is 1. The highest BCUT2D eigenvalue weighted by atomic mass is 16.3. The molecule has 0 radical (unpaired) electrons. The predicted octanol–water partition coefficient (Wildman–Crippen LogP) is 2.41. The first kappa shape index (κ1) is 8.23. The number of nitrogen functional groups attached to an aromatic ring is 1. The maximum atomic E-state index is 10.5. The highest BCUT2D eigenvalue weighted by molar-refractivity contribution is 5.46. The third kappa shape index (κ3) is 1.41. The first-order chi connectivity index (χ1) is 6.31. The molecule has 0 fully saturated rings. The molecule has 1 aliphatic rings. The Labute approximate surface area is 76.9 Å². The summed E-state index contributed by atoms with van der Waals surface area (Å²) in [6, 6.07) is 5.58. The lowest BCUT2D eigenvalue weighted by atomic mass is 9.88. The highest BCUT2D eigenvalue weighted by Gasteiger charge is 2.20. The monoisotopic (exact) mass is 176 g/mol. The molecular formula is C10H12N2O. The average molecular weight is 176 g/mol. The van der Waals surface area contributed by atoms with Gasteiger partial charge in [0, 0.05) is 5.69 Å². The van der Waals surface area contributed by atoms with Gasteiger partial charge in [-0.3, -0.25) is 0 Å². The summed E-state index contributed by atoms with van der Waals surface area (Å²) in [5.41, 5.74) is 8.63. The van der Waals surface area contributed by atoms with Gasteiger partial charge in [-0.05, 0) is 42.5 Å². The van der Waals surface area contributed by atoms with E-state index in [2.05, 4.69) is 5.18 Å². The van der Waals surface area contributed by atoms with E-state index in [9.17, 15) is 4.91 Å². The average Bonchev–Trinajstić information content (AvgIpc) is 2.17. The van der Waals surface area contributed by atoms with Crippen molar-refractivity contribution in [1.82, 2.24) is 0 Å². The fourth-order valence-electron chi connectivity index (χ4n) is 1.90. The minimum atomic E-state index is -0.174. The molecule has 1 aliphatic carbocycles. The molecule has 0 aromatic heterocycles. The van der Waals surface area contributed by atoms with Gasteiger partial charge in [0.2, 0.25) is 0 Å². The molecule has 1 aromatic rings. The molecule has 0 saturated carbocycles. The molecule has 68 valence electrons. The summed E-state index contributed by atoms with van der Waals surface area (Å²) >= 11 is 0. The molecule has 13 heavy (non-hydrogen) atoms. The number of aryl methyl sites for hydroxylation is 1. The van der Waals surface area contributed by atoms with Crippen LogP contribution in [0.25, 0.3) is 0 Å². The molecule has 0 aliphatic heterocycles. The van der Waals surface area contributed by atoms with Crippen LogP contribution < -0.4 is 5.73 Å². The maximum Gasteiger partial charge on any atom is 0.117 e. The van der Waals surface area contributed by atoms with Crippen LogP contribution >= 0.6 is 0 Å². The van der Waals surface area contributed by atoms with Crippen molar-refractivity contribution in [3.8, 4) is 0 Å². The number of hydrogen-bond donors (Lipinski definition) is 1. The van der Waals surface area contributed by atoms with Crippen LogP contribution in [0.5, 0.6) is 0 Å². The molecule has 0 heterocycles. The van der Waals surface area contributed by atoms with E-state index >= 15 is 0 Å². The van der Waals surface area contributed by atoms with Crippen LogP contribution in [0.1, 0.15) is 30.0 Å². The van der Waals surface area contributed by atoms with Crippen molar-refractivity contribution in [2.24, 2.45) is 5.18 Å². The van der Waals surface area contributed by atoms with Gasteiger partial charge in [0.15, 0.2) is 0 Å². The van der Waals surface area contributed by atoms with Crippen LogP contribution in [-0.2, 0) is 6.42 Å². The van der Waals surface area contributed by atoms with Crippen molar-refractivity contribution in [2.75, 3.05) is 5.73 Å². The van der Waals surface area contributed by atoms with Crippen molar-refractivity contribution in [2.45, 2.75) is 25.3 Å². The summed E-state index contributed by atoms with van der Waals surface area (Å²) in [5.74, 6) is 0. The number of rotatable bonds is 1. The van der Waals surface area contributed by atoms with Gasteiger partial charge in [-0.1, -0.05) is 11.2 Å². The fraction of sp³-hybridized carbons (Fsp3) is 0.400. The molecule has 1 atom stereocenters. The topological polar surface area (TPSA) is 55.4 Å². The Morgan fingerprint density at radius 1 is 1.46 bits per heavy atom. The number of fused-ring (bicyclic) bond motifs is 1. The van der Waals surface area contributed by atoms with E-state index in [0.717, 1.165) is 24.8 Å². The summed E-state index contributed by atoms with van der Waals surface area (Å²) in [5, 5.41) is 3.12. The Bertz CT molecular complexity index is 336. The van der Waals surface area contributed by atoms with E-state index in [1.165, 1.54) is 5.56 Å². The van der Waals surface area contributed by atoms with Crippen LogP contribution in [0.4, 0.5) is 5.69 Å². The molecule has 3 nitrogen and oxygen atoms in total. The van der Waals surface area contributed by atoms with E-state index in [4.69, 9.17) is 5.73 Å².